The molecule has 0 aliphatic heterocycles. The van der Waals surface area contributed by atoms with Crippen molar-refractivity contribution in [3.05, 3.63) is 36.4 Å². The van der Waals surface area contributed by atoms with E-state index in [4.69, 9.17) is 10.8 Å². The molecule has 82 valence electrons. The summed E-state index contributed by atoms with van der Waals surface area (Å²) in [6, 6.07) is 1.26. The monoisotopic (exact) mass is 217 g/mol. The SMILES string of the molecule is NC(CC(=O)O)c1cncc2ccncc12. The molecule has 0 spiro atoms. The molecule has 2 rings (SSSR count). The Morgan fingerprint density at radius 2 is 2.19 bits per heavy atom. The van der Waals surface area contributed by atoms with Crippen LogP contribution in [-0.2, 0) is 4.79 Å². The molecule has 0 radical (unpaired) electrons. The smallest absolute Gasteiger partial charge is 0.305 e. The van der Waals surface area contributed by atoms with Gasteiger partial charge in [-0.1, -0.05) is 0 Å². The van der Waals surface area contributed by atoms with Crippen molar-refractivity contribution in [2.75, 3.05) is 0 Å². The van der Waals surface area contributed by atoms with E-state index in [9.17, 15) is 4.79 Å². The van der Waals surface area contributed by atoms with Crippen LogP contribution in [-0.4, -0.2) is 21.0 Å². The van der Waals surface area contributed by atoms with Gasteiger partial charge in [0.2, 0.25) is 0 Å². The van der Waals surface area contributed by atoms with Gasteiger partial charge in [0.15, 0.2) is 0 Å². The third-order valence-electron chi connectivity index (χ3n) is 2.39. The van der Waals surface area contributed by atoms with E-state index in [-0.39, 0.29) is 6.42 Å². The van der Waals surface area contributed by atoms with Gasteiger partial charge in [0.1, 0.15) is 0 Å². The van der Waals surface area contributed by atoms with Gasteiger partial charge in [-0.2, -0.15) is 0 Å². The summed E-state index contributed by atoms with van der Waals surface area (Å²) in [4.78, 5) is 18.6. The van der Waals surface area contributed by atoms with Gasteiger partial charge in [-0.3, -0.25) is 14.8 Å². The predicted octanol–water partition coefficient (Wildman–Crippen LogP) is 1.10. The number of hydrogen-bond donors (Lipinski definition) is 2. The quantitative estimate of drug-likeness (QED) is 0.803. The van der Waals surface area contributed by atoms with Crippen LogP contribution in [0.2, 0.25) is 0 Å². The molecule has 2 aromatic rings. The Morgan fingerprint density at radius 3 is 2.94 bits per heavy atom. The second-order valence-corrected chi connectivity index (χ2v) is 3.53. The number of pyridine rings is 2. The highest BCUT2D eigenvalue weighted by Crippen LogP contribution is 2.22. The maximum atomic E-state index is 10.6. The van der Waals surface area contributed by atoms with Crippen LogP contribution in [0.1, 0.15) is 18.0 Å². The van der Waals surface area contributed by atoms with Gasteiger partial charge in [-0.25, -0.2) is 0 Å². The number of fused-ring (bicyclic) bond motifs is 1. The van der Waals surface area contributed by atoms with Gasteiger partial charge in [-0.15, -0.1) is 0 Å². The second kappa shape index (κ2) is 4.24. The first kappa shape index (κ1) is 10.5. The Morgan fingerprint density at radius 1 is 1.38 bits per heavy atom. The number of carbonyl (C=O) groups is 1. The fraction of sp³-hybridized carbons (Fsp3) is 0.182. The standard InChI is InChI=1S/C11H11N3O2/c12-10(3-11(15)16)9-6-14-4-7-1-2-13-5-8(7)9/h1-2,4-6,10H,3,12H2,(H,15,16). The highest BCUT2D eigenvalue weighted by atomic mass is 16.4. The summed E-state index contributed by atoms with van der Waals surface area (Å²) in [7, 11) is 0. The fourth-order valence-corrected chi connectivity index (χ4v) is 1.62. The van der Waals surface area contributed by atoms with E-state index in [1.807, 2.05) is 6.07 Å². The van der Waals surface area contributed by atoms with Crippen LogP contribution in [0.25, 0.3) is 10.8 Å². The van der Waals surface area contributed by atoms with Crippen molar-refractivity contribution in [1.82, 2.24) is 9.97 Å². The van der Waals surface area contributed by atoms with Gasteiger partial charge >= 0.3 is 5.97 Å². The number of hydrogen-bond acceptors (Lipinski definition) is 4. The number of carboxylic acids is 1. The summed E-state index contributed by atoms with van der Waals surface area (Å²) in [5.41, 5.74) is 6.53. The second-order valence-electron chi connectivity index (χ2n) is 3.53. The Kier molecular flexibility index (Phi) is 2.78. The number of aromatic nitrogens is 2. The van der Waals surface area contributed by atoms with E-state index in [1.54, 1.807) is 24.8 Å². The fourth-order valence-electron chi connectivity index (χ4n) is 1.62. The predicted molar refractivity (Wildman–Crippen MR) is 58.7 cm³/mol. The minimum absolute atomic E-state index is 0.115. The Labute approximate surface area is 91.9 Å². The molecule has 2 aromatic heterocycles. The summed E-state index contributed by atoms with van der Waals surface area (Å²) in [5, 5.41) is 10.5. The van der Waals surface area contributed by atoms with E-state index in [2.05, 4.69) is 9.97 Å². The summed E-state index contributed by atoms with van der Waals surface area (Å²) in [5.74, 6) is -0.923. The topological polar surface area (TPSA) is 89.1 Å². The number of aliphatic carboxylic acids is 1. The summed E-state index contributed by atoms with van der Waals surface area (Å²) in [6.45, 7) is 0. The number of carboxylic acid groups (broad SMARTS) is 1. The highest BCUT2D eigenvalue weighted by Gasteiger charge is 2.13. The van der Waals surface area contributed by atoms with Crippen molar-refractivity contribution in [2.45, 2.75) is 12.5 Å². The third-order valence-corrected chi connectivity index (χ3v) is 2.39. The molecule has 5 heteroatoms. The van der Waals surface area contributed by atoms with Crippen molar-refractivity contribution < 1.29 is 9.90 Å². The lowest BCUT2D eigenvalue weighted by atomic mass is 10.0. The zero-order valence-electron chi connectivity index (χ0n) is 8.50. The Hall–Kier alpha value is -2.01. The van der Waals surface area contributed by atoms with Crippen molar-refractivity contribution in [3.8, 4) is 0 Å². The van der Waals surface area contributed by atoms with E-state index in [0.29, 0.717) is 5.56 Å². The molecule has 3 N–H and O–H groups in total. The van der Waals surface area contributed by atoms with Crippen molar-refractivity contribution in [3.63, 3.8) is 0 Å². The first-order valence-corrected chi connectivity index (χ1v) is 4.83. The van der Waals surface area contributed by atoms with Crippen LogP contribution < -0.4 is 5.73 Å². The first-order valence-electron chi connectivity index (χ1n) is 4.83. The molecule has 0 aromatic carbocycles. The number of nitrogens with two attached hydrogens (primary N) is 1. The normalized spacial score (nSPS) is 12.6. The summed E-state index contributed by atoms with van der Waals surface area (Å²) < 4.78 is 0. The molecular formula is C11H11N3O2. The Balaban J connectivity index is 2.47. The number of rotatable bonds is 3. The van der Waals surface area contributed by atoms with Crippen LogP contribution in [0.4, 0.5) is 0 Å². The van der Waals surface area contributed by atoms with Crippen molar-refractivity contribution in [1.29, 1.82) is 0 Å². The zero-order valence-corrected chi connectivity index (χ0v) is 8.50. The van der Waals surface area contributed by atoms with Crippen LogP contribution in [0.5, 0.6) is 0 Å². The number of nitrogens with zero attached hydrogens (tertiary/aromatic N) is 2. The van der Waals surface area contributed by atoms with Crippen LogP contribution in [0, 0.1) is 0 Å². The molecule has 0 aliphatic carbocycles. The average Bonchev–Trinajstić information content (AvgIpc) is 2.27. The lowest BCUT2D eigenvalue weighted by Gasteiger charge is -2.11. The van der Waals surface area contributed by atoms with Crippen molar-refractivity contribution >= 4 is 16.7 Å². The zero-order chi connectivity index (χ0) is 11.5. The minimum Gasteiger partial charge on any atom is -0.481 e. The highest BCUT2D eigenvalue weighted by molar-refractivity contribution is 5.84. The third kappa shape index (κ3) is 1.99. The Bertz CT molecular complexity index is 522. The molecule has 1 unspecified atom stereocenters. The van der Waals surface area contributed by atoms with E-state index < -0.39 is 12.0 Å². The molecular weight excluding hydrogens is 206 g/mol. The van der Waals surface area contributed by atoms with Gasteiger partial charge in [0.05, 0.1) is 6.42 Å². The molecule has 0 aliphatic rings. The maximum absolute atomic E-state index is 10.6. The molecule has 0 amide bonds. The molecule has 2 heterocycles. The molecule has 16 heavy (non-hydrogen) atoms. The molecule has 0 fully saturated rings. The van der Waals surface area contributed by atoms with Crippen LogP contribution in [0.3, 0.4) is 0 Å². The summed E-state index contributed by atoms with van der Waals surface area (Å²) in [6.07, 6.45) is 6.52. The van der Waals surface area contributed by atoms with E-state index >= 15 is 0 Å². The van der Waals surface area contributed by atoms with Gasteiger partial charge < -0.3 is 10.8 Å². The van der Waals surface area contributed by atoms with Gasteiger partial charge in [-0.05, 0) is 11.6 Å². The minimum atomic E-state index is -0.923. The van der Waals surface area contributed by atoms with E-state index in [0.717, 1.165) is 10.8 Å². The van der Waals surface area contributed by atoms with Gasteiger partial charge in [0, 0.05) is 41.6 Å². The van der Waals surface area contributed by atoms with Gasteiger partial charge in [0.25, 0.3) is 0 Å². The van der Waals surface area contributed by atoms with Crippen LogP contribution >= 0.6 is 0 Å². The molecule has 5 nitrogen and oxygen atoms in total. The lowest BCUT2D eigenvalue weighted by molar-refractivity contribution is -0.137. The van der Waals surface area contributed by atoms with E-state index in [1.165, 1.54) is 0 Å². The van der Waals surface area contributed by atoms with Crippen LogP contribution in [0.15, 0.2) is 30.9 Å². The molecule has 1 atom stereocenters. The largest absolute Gasteiger partial charge is 0.481 e. The summed E-state index contributed by atoms with van der Waals surface area (Å²) >= 11 is 0. The van der Waals surface area contributed by atoms with Crippen molar-refractivity contribution in [2.24, 2.45) is 5.73 Å². The first-order chi connectivity index (χ1) is 7.68. The molecule has 0 saturated heterocycles. The molecule has 0 saturated carbocycles. The molecule has 0 bridgehead atoms. The lowest BCUT2D eigenvalue weighted by Crippen LogP contribution is -2.15. The average molecular weight is 217 g/mol. The maximum Gasteiger partial charge on any atom is 0.305 e.